The molecular weight excluding hydrogens is 330 g/mol. The summed E-state index contributed by atoms with van der Waals surface area (Å²) in [4.78, 5) is 11.8. The average molecular weight is 357 g/mol. The summed E-state index contributed by atoms with van der Waals surface area (Å²) in [6.45, 7) is 3.84. The molecule has 1 aromatic heterocycles. The van der Waals surface area contributed by atoms with Gasteiger partial charge in [0.15, 0.2) is 0 Å². The fourth-order valence-corrected chi connectivity index (χ4v) is 2.59. The first-order valence-electron chi connectivity index (χ1n) is 9.16. The van der Waals surface area contributed by atoms with Gasteiger partial charge in [0.1, 0.15) is 18.1 Å². The van der Waals surface area contributed by atoms with Crippen LogP contribution in [0.5, 0.6) is 5.75 Å². The Hall–Kier alpha value is -2.63. The molecule has 26 heavy (non-hydrogen) atoms. The maximum absolute atomic E-state index is 11.8. The Balaban J connectivity index is 1.61. The van der Waals surface area contributed by atoms with Crippen molar-refractivity contribution in [2.45, 2.75) is 58.0 Å². The Labute approximate surface area is 154 Å². The van der Waals surface area contributed by atoms with E-state index in [1.54, 1.807) is 35.1 Å². The summed E-state index contributed by atoms with van der Waals surface area (Å²) >= 11 is 0. The lowest BCUT2D eigenvalue weighted by molar-refractivity contribution is -0.145. The summed E-state index contributed by atoms with van der Waals surface area (Å²) in [7, 11) is 0. The molecule has 0 aliphatic carbocycles. The van der Waals surface area contributed by atoms with Crippen molar-refractivity contribution in [3.63, 3.8) is 0 Å². The van der Waals surface area contributed by atoms with Crippen molar-refractivity contribution < 1.29 is 14.6 Å². The van der Waals surface area contributed by atoms with E-state index >= 15 is 0 Å². The molecule has 140 valence electrons. The van der Waals surface area contributed by atoms with Gasteiger partial charge in [0, 0.05) is 6.42 Å². The van der Waals surface area contributed by atoms with E-state index in [4.69, 9.17) is 4.74 Å². The van der Waals surface area contributed by atoms with Crippen LogP contribution in [0.3, 0.4) is 0 Å². The second-order valence-corrected chi connectivity index (χ2v) is 6.28. The van der Waals surface area contributed by atoms with Gasteiger partial charge in [-0.2, -0.15) is 0 Å². The molecule has 0 radical (unpaired) electrons. The van der Waals surface area contributed by atoms with E-state index < -0.39 is 0 Å². The van der Waals surface area contributed by atoms with Crippen molar-refractivity contribution in [1.82, 2.24) is 15.0 Å². The number of esters is 1. The van der Waals surface area contributed by atoms with Crippen LogP contribution in [-0.2, 0) is 16.1 Å². The summed E-state index contributed by atoms with van der Waals surface area (Å²) in [5, 5.41) is 17.3. The molecule has 0 amide bonds. The lowest BCUT2D eigenvalue weighted by Crippen LogP contribution is -2.04. The van der Waals surface area contributed by atoms with Gasteiger partial charge >= 0.3 is 5.97 Å². The molecule has 6 heteroatoms. The van der Waals surface area contributed by atoms with E-state index in [-0.39, 0.29) is 18.3 Å². The number of ether oxygens (including phenoxy) is 1. The molecule has 0 saturated carbocycles. The highest BCUT2D eigenvalue weighted by Gasteiger charge is 2.07. The molecule has 0 atom stereocenters. The highest BCUT2D eigenvalue weighted by Crippen LogP contribution is 2.13. The lowest BCUT2D eigenvalue weighted by Gasteiger charge is -2.03. The SMILES string of the molecule is C=CCCCCCCCCC(=O)OCc1cn(-c2ccc(O)cc2)nn1. The van der Waals surface area contributed by atoms with Gasteiger partial charge in [-0.05, 0) is 43.5 Å². The maximum atomic E-state index is 11.8. The van der Waals surface area contributed by atoms with E-state index in [2.05, 4.69) is 16.9 Å². The van der Waals surface area contributed by atoms with Gasteiger partial charge in [-0.25, -0.2) is 4.68 Å². The third-order valence-electron chi connectivity index (χ3n) is 4.08. The third-order valence-corrected chi connectivity index (χ3v) is 4.08. The predicted octanol–water partition coefficient (Wildman–Crippen LogP) is 4.32. The van der Waals surface area contributed by atoms with Crippen molar-refractivity contribution >= 4 is 5.97 Å². The number of benzene rings is 1. The van der Waals surface area contributed by atoms with Gasteiger partial charge in [-0.15, -0.1) is 11.7 Å². The van der Waals surface area contributed by atoms with Crippen molar-refractivity contribution in [2.24, 2.45) is 0 Å². The maximum Gasteiger partial charge on any atom is 0.306 e. The molecule has 2 aromatic rings. The molecule has 0 saturated heterocycles. The van der Waals surface area contributed by atoms with Crippen LogP contribution in [0.25, 0.3) is 5.69 Å². The largest absolute Gasteiger partial charge is 0.508 e. The Kier molecular flexibility index (Phi) is 8.39. The highest BCUT2D eigenvalue weighted by atomic mass is 16.5. The number of unbranched alkanes of at least 4 members (excludes halogenated alkanes) is 6. The molecule has 0 spiro atoms. The Morgan fingerprint density at radius 3 is 2.54 bits per heavy atom. The van der Waals surface area contributed by atoms with Crippen LogP contribution in [0, 0.1) is 0 Å². The molecule has 0 bridgehead atoms. The Morgan fingerprint density at radius 1 is 1.12 bits per heavy atom. The highest BCUT2D eigenvalue weighted by molar-refractivity contribution is 5.69. The molecule has 1 aromatic carbocycles. The monoisotopic (exact) mass is 357 g/mol. The molecule has 1 N–H and O–H groups in total. The van der Waals surface area contributed by atoms with Crippen LogP contribution < -0.4 is 0 Å². The van der Waals surface area contributed by atoms with Crippen LogP contribution in [0.4, 0.5) is 0 Å². The van der Waals surface area contributed by atoms with Crippen LogP contribution >= 0.6 is 0 Å². The fourth-order valence-electron chi connectivity index (χ4n) is 2.59. The van der Waals surface area contributed by atoms with Crippen LogP contribution in [0.2, 0.25) is 0 Å². The number of aromatic hydroxyl groups is 1. The summed E-state index contributed by atoms with van der Waals surface area (Å²) < 4.78 is 6.83. The average Bonchev–Trinajstić information content (AvgIpc) is 3.12. The van der Waals surface area contributed by atoms with Crippen molar-refractivity contribution in [2.75, 3.05) is 0 Å². The second-order valence-electron chi connectivity index (χ2n) is 6.28. The number of phenols is 1. The number of hydrogen-bond donors (Lipinski definition) is 1. The zero-order valence-electron chi connectivity index (χ0n) is 15.1. The molecule has 0 aliphatic rings. The van der Waals surface area contributed by atoms with Gasteiger partial charge in [-0.1, -0.05) is 37.0 Å². The number of nitrogens with zero attached hydrogens (tertiary/aromatic N) is 3. The standard InChI is InChI=1S/C20H27N3O3/c1-2-3-4-5-6-7-8-9-10-20(25)26-16-17-15-23(22-21-17)18-11-13-19(24)14-12-18/h2,11-15,24H,1,3-10,16H2. The molecule has 0 fully saturated rings. The van der Waals surface area contributed by atoms with E-state index in [1.165, 1.54) is 19.3 Å². The minimum absolute atomic E-state index is 0.123. The van der Waals surface area contributed by atoms with E-state index in [1.807, 2.05) is 6.08 Å². The summed E-state index contributed by atoms with van der Waals surface area (Å²) in [6.07, 6.45) is 11.9. The summed E-state index contributed by atoms with van der Waals surface area (Å²) in [6, 6.07) is 6.63. The molecule has 0 unspecified atom stereocenters. The Bertz CT molecular complexity index is 680. The van der Waals surface area contributed by atoms with E-state index in [0.29, 0.717) is 12.1 Å². The van der Waals surface area contributed by atoms with Gasteiger partial charge in [0.2, 0.25) is 0 Å². The number of rotatable bonds is 12. The minimum Gasteiger partial charge on any atom is -0.508 e. The Morgan fingerprint density at radius 2 is 1.81 bits per heavy atom. The van der Waals surface area contributed by atoms with Crippen molar-refractivity contribution in [1.29, 1.82) is 0 Å². The number of carbonyl (C=O) groups excluding carboxylic acids is 1. The van der Waals surface area contributed by atoms with Crippen LogP contribution in [-0.4, -0.2) is 26.1 Å². The first-order valence-corrected chi connectivity index (χ1v) is 9.16. The number of allylic oxidation sites excluding steroid dienone is 1. The zero-order chi connectivity index (χ0) is 18.6. The van der Waals surface area contributed by atoms with Crippen molar-refractivity contribution in [3.05, 3.63) is 48.8 Å². The smallest absolute Gasteiger partial charge is 0.306 e. The van der Waals surface area contributed by atoms with Gasteiger partial charge in [0.25, 0.3) is 0 Å². The summed E-state index contributed by atoms with van der Waals surface area (Å²) in [5.41, 5.74) is 1.37. The quantitative estimate of drug-likeness (QED) is 0.348. The predicted molar refractivity (Wildman–Crippen MR) is 100.0 cm³/mol. The normalized spacial score (nSPS) is 10.6. The summed E-state index contributed by atoms with van der Waals surface area (Å²) in [5.74, 6) is -0.00405. The zero-order valence-corrected chi connectivity index (χ0v) is 15.1. The van der Waals surface area contributed by atoms with Gasteiger partial charge in [0.05, 0.1) is 11.9 Å². The number of carbonyl (C=O) groups is 1. The van der Waals surface area contributed by atoms with Crippen LogP contribution in [0.15, 0.2) is 43.1 Å². The second kappa shape index (κ2) is 11.1. The topological polar surface area (TPSA) is 77.2 Å². The number of phenolic OH excluding ortho intramolecular Hbond substituents is 1. The fraction of sp³-hybridized carbons (Fsp3) is 0.450. The molecule has 0 aliphatic heterocycles. The molecule has 2 rings (SSSR count). The third kappa shape index (κ3) is 7.09. The van der Waals surface area contributed by atoms with Gasteiger partial charge < -0.3 is 9.84 Å². The number of hydrogen-bond acceptors (Lipinski definition) is 5. The minimum atomic E-state index is -0.198. The van der Waals surface area contributed by atoms with Gasteiger partial charge in [-0.3, -0.25) is 4.79 Å². The molecular formula is C20H27N3O3. The van der Waals surface area contributed by atoms with E-state index in [0.717, 1.165) is 31.4 Å². The van der Waals surface area contributed by atoms with E-state index in [9.17, 15) is 9.90 Å². The lowest BCUT2D eigenvalue weighted by atomic mass is 10.1. The van der Waals surface area contributed by atoms with Crippen molar-refractivity contribution in [3.8, 4) is 11.4 Å². The van der Waals surface area contributed by atoms with Crippen LogP contribution in [0.1, 0.15) is 57.1 Å². The number of aromatic nitrogens is 3. The first-order chi connectivity index (χ1) is 12.7. The first kappa shape index (κ1) is 19.7. The molecule has 1 heterocycles. The molecule has 6 nitrogen and oxygen atoms in total.